The summed E-state index contributed by atoms with van der Waals surface area (Å²) in [4.78, 5) is 19.8. The highest BCUT2D eigenvalue weighted by Gasteiger charge is 2.33. The second-order valence-corrected chi connectivity index (χ2v) is 7.39. The van der Waals surface area contributed by atoms with E-state index in [0.29, 0.717) is 10.9 Å². The van der Waals surface area contributed by atoms with Gasteiger partial charge in [0, 0.05) is 25.3 Å². The molecular formula is C17H18FN3OS. The number of rotatable bonds is 3. The van der Waals surface area contributed by atoms with Gasteiger partial charge in [0.25, 0.3) is 5.91 Å². The molecule has 0 spiro atoms. The van der Waals surface area contributed by atoms with Crippen LogP contribution in [0.5, 0.6) is 0 Å². The molecule has 4 rings (SSSR count). The van der Waals surface area contributed by atoms with Crippen molar-refractivity contribution in [3.8, 4) is 10.4 Å². The van der Waals surface area contributed by atoms with Crippen LogP contribution in [0.15, 0.2) is 30.5 Å². The number of piperidine rings is 1. The van der Waals surface area contributed by atoms with Crippen LogP contribution in [0.25, 0.3) is 10.4 Å². The van der Waals surface area contributed by atoms with Crippen LogP contribution in [-0.4, -0.2) is 41.5 Å². The number of hydrogen-bond donors (Lipinski definition) is 1. The number of nitrogens with zero attached hydrogens (tertiary/aromatic N) is 2. The zero-order chi connectivity index (χ0) is 15.8. The summed E-state index contributed by atoms with van der Waals surface area (Å²) in [6.45, 7) is 3.26. The van der Waals surface area contributed by atoms with Gasteiger partial charge in [0.05, 0.1) is 4.88 Å². The molecule has 4 nitrogen and oxygen atoms in total. The molecule has 1 aromatic heterocycles. The summed E-state index contributed by atoms with van der Waals surface area (Å²) in [5.41, 5.74) is 0.753. The van der Waals surface area contributed by atoms with Gasteiger partial charge in [0.1, 0.15) is 5.82 Å². The number of halogens is 1. The number of nitrogens with one attached hydrogen (secondary N) is 1. The van der Waals surface area contributed by atoms with Crippen LogP contribution < -0.4 is 5.32 Å². The van der Waals surface area contributed by atoms with Crippen LogP contribution in [0.2, 0.25) is 0 Å². The van der Waals surface area contributed by atoms with Crippen molar-refractivity contribution in [3.63, 3.8) is 0 Å². The molecular weight excluding hydrogens is 313 g/mol. The maximum Gasteiger partial charge on any atom is 0.280 e. The number of carbonyl (C=O) groups excluding carboxylic acids is 1. The van der Waals surface area contributed by atoms with E-state index < -0.39 is 0 Å². The summed E-state index contributed by atoms with van der Waals surface area (Å²) in [6, 6.07) is 6.57. The SMILES string of the molecule is O=C(NC1CC2CCN(C2)C1)c1ncc(-c2cccc(F)c2)s1. The maximum absolute atomic E-state index is 13.3. The van der Waals surface area contributed by atoms with Gasteiger partial charge >= 0.3 is 0 Å². The molecule has 0 aliphatic carbocycles. The van der Waals surface area contributed by atoms with Crippen LogP contribution in [0.3, 0.4) is 0 Å². The van der Waals surface area contributed by atoms with Gasteiger partial charge in [0.2, 0.25) is 0 Å². The summed E-state index contributed by atoms with van der Waals surface area (Å²) in [5.74, 6) is 0.312. The third-order valence-corrected chi connectivity index (χ3v) is 5.66. The van der Waals surface area contributed by atoms with Gasteiger partial charge in [-0.1, -0.05) is 12.1 Å². The van der Waals surface area contributed by atoms with Crippen LogP contribution in [0.1, 0.15) is 22.6 Å². The van der Waals surface area contributed by atoms with E-state index in [-0.39, 0.29) is 17.8 Å². The molecule has 2 saturated heterocycles. The molecule has 3 atom stereocenters. The number of hydrogen-bond acceptors (Lipinski definition) is 4. The minimum Gasteiger partial charge on any atom is -0.346 e. The maximum atomic E-state index is 13.3. The van der Waals surface area contributed by atoms with E-state index in [9.17, 15) is 9.18 Å². The predicted molar refractivity (Wildman–Crippen MR) is 87.9 cm³/mol. The number of amides is 1. The molecule has 3 heterocycles. The predicted octanol–water partition coefficient (Wildman–Crippen LogP) is 2.77. The summed E-state index contributed by atoms with van der Waals surface area (Å²) < 4.78 is 13.3. The van der Waals surface area contributed by atoms with E-state index in [1.165, 1.54) is 36.4 Å². The van der Waals surface area contributed by atoms with Crippen LogP contribution in [-0.2, 0) is 0 Å². The molecule has 1 aromatic carbocycles. The van der Waals surface area contributed by atoms with Crippen molar-refractivity contribution in [1.82, 2.24) is 15.2 Å². The van der Waals surface area contributed by atoms with E-state index in [1.54, 1.807) is 12.3 Å². The Morgan fingerprint density at radius 2 is 2.30 bits per heavy atom. The highest BCUT2D eigenvalue weighted by molar-refractivity contribution is 7.16. The standard InChI is InChI=1S/C17H18FN3OS/c18-13-3-1-2-12(7-13)15-8-19-17(23-15)16(22)20-14-6-11-4-5-21(9-11)10-14/h1-3,7-8,11,14H,4-6,9-10H2,(H,20,22). The fourth-order valence-electron chi connectivity index (χ4n) is 3.57. The lowest BCUT2D eigenvalue weighted by Crippen LogP contribution is -2.46. The Hall–Kier alpha value is -1.79. The van der Waals surface area contributed by atoms with Crippen molar-refractivity contribution in [2.75, 3.05) is 19.6 Å². The monoisotopic (exact) mass is 331 g/mol. The van der Waals surface area contributed by atoms with Crippen molar-refractivity contribution in [3.05, 3.63) is 41.3 Å². The van der Waals surface area contributed by atoms with Crippen LogP contribution in [0, 0.1) is 11.7 Å². The average Bonchev–Trinajstić information content (AvgIpc) is 3.14. The lowest BCUT2D eigenvalue weighted by molar-refractivity contribution is 0.0909. The normalized spacial score (nSPS) is 26.2. The largest absolute Gasteiger partial charge is 0.346 e. The third-order valence-electron chi connectivity index (χ3n) is 4.61. The fraction of sp³-hybridized carbons (Fsp3) is 0.412. The summed E-state index contributed by atoms with van der Waals surface area (Å²) >= 11 is 1.31. The second-order valence-electron chi connectivity index (χ2n) is 6.36. The van der Waals surface area contributed by atoms with Crippen molar-refractivity contribution in [2.24, 2.45) is 5.92 Å². The Labute approximate surface area is 138 Å². The number of benzene rings is 1. The van der Waals surface area contributed by atoms with Gasteiger partial charge in [-0.25, -0.2) is 9.37 Å². The van der Waals surface area contributed by atoms with Crippen molar-refractivity contribution in [1.29, 1.82) is 0 Å². The molecule has 23 heavy (non-hydrogen) atoms. The highest BCUT2D eigenvalue weighted by Crippen LogP contribution is 2.28. The lowest BCUT2D eigenvalue weighted by Gasteiger charge is -2.30. The molecule has 0 radical (unpaired) electrons. The first-order valence-corrected chi connectivity index (χ1v) is 8.74. The molecule has 120 valence electrons. The number of thiazole rings is 1. The van der Waals surface area contributed by atoms with E-state index in [0.717, 1.165) is 30.0 Å². The second kappa shape index (κ2) is 6.02. The molecule has 1 N–H and O–H groups in total. The zero-order valence-electron chi connectivity index (χ0n) is 12.7. The summed E-state index contributed by atoms with van der Waals surface area (Å²) in [6.07, 6.45) is 3.94. The minimum absolute atomic E-state index is 0.120. The molecule has 2 aromatic rings. The van der Waals surface area contributed by atoms with E-state index >= 15 is 0 Å². The highest BCUT2D eigenvalue weighted by atomic mass is 32.1. The van der Waals surface area contributed by atoms with Crippen molar-refractivity contribution in [2.45, 2.75) is 18.9 Å². The Bertz CT molecular complexity index is 720. The average molecular weight is 331 g/mol. The first-order chi connectivity index (χ1) is 11.2. The minimum atomic E-state index is -0.284. The molecule has 1 amide bonds. The quantitative estimate of drug-likeness (QED) is 0.941. The Balaban J connectivity index is 1.45. The van der Waals surface area contributed by atoms with E-state index in [1.807, 2.05) is 6.07 Å². The van der Waals surface area contributed by atoms with Gasteiger partial charge in [0.15, 0.2) is 5.01 Å². The van der Waals surface area contributed by atoms with Crippen molar-refractivity contribution >= 4 is 17.2 Å². The molecule has 2 aliphatic heterocycles. The van der Waals surface area contributed by atoms with E-state index in [2.05, 4.69) is 15.2 Å². The van der Waals surface area contributed by atoms with Gasteiger partial charge in [-0.2, -0.15) is 0 Å². The fourth-order valence-corrected chi connectivity index (χ4v) is 4.38. The number of fused-ring (bicyclic) bond motifs is 2. The topological polar surface area (TPSA) is 45.2 Å². The van der Waals surface area contributed by atoms with Crippen LogP contribution in [0.4, 0.5) is 4.39 Å². The molecule has 3 unspecified atom stereocenters. The third kappa shape index (κ3) is 3.14. The van der Waals surface area contributed by atoms with Gasteiger partial charge < -0.3 is 10.2 Å². The molecule has 2 fully saturated rings. The first-order valence-electron chi connectivity index (χ1n) is 7.92. The van der Waals surface area contributed by atoms with Gasteiger partial charge in [-0.15, -0.1) is 11.3 Å². The number of carbonyl (C=O) groups is 1. The molecule has 6 heteroatoms. The molecule has 2 aliphatic rings. The van der Waals surface area contributed by atoms with Crippen molar-refractivity contribution < 1.29 is 9.18 Å². The summed E-state index contributed by atoms with van der Waals surface area (Å²) in [7, 11) is 0. The summed E-state index contributed by atoms with van der Waals surface area (Å²) in [5, 5.41) is 3.55. The molecule has 2 bridgehead atoms. The smallest absolute Gasteiger partial charge is 0.280 e. The Morgan fingerprint density at radius 3 is 3.13 bits per heavy atom. The van der Waals surface area contributed by atoms with E-state index in [4.69, 9.17) is 0 Å². The zero-order valence-corrected chi connectivity index (χ0v) is 13.5. The lowest BCUT2D eigenvalue weighted by atomic mass is 9.97. The molecule has 0 saturated carbocycles. The van der Waals surface area contributed by atoms with Crippen LogP contribution >= 0.6 is 11.3 Å². The Morgan fingerprint density at radius 1 is 1.39 bits per heavy atom. The van der Waals surface area contributed by atoms with Gasteiger partial charge in [-0.05, 0) is 43.0 Å². The van der Waals surface area contributed by atoms with Gasteiger partial charge in [-0.3, -0.25) is 4.79 Å². The number of aromatic nitrogens is 1. The Kier molecular flexibility index (Phi) is 3.87. The first kappa shape index (κ1) is 14.8.